The standard InChI is InChI=1S/C21H19NO2/c1-22-18-12-11-14-7-3-4-8-15(14)21(18)17(13-20(22)23)16-9-5-6-10-19(16)24-2/h3-12,17H,13H2,1-2H3. The fourth-order valence-corrected chi connectivity index (χ4v) is 3.71. The van der Waals surface area contributed by atoms with Crippen molar-refractivity contribution >= 4 is 22.4 Å². The van der Waals surface area contributed by atoms with Crippen LogP contribution in [0.5, 0.6) is 5.75 Å². The Balaban J connectivity index is 2.03. The average molecular weight is 317 g/mol. The van der Waals surface area contributed by atoms with Crippen molar-refractivity contribution in [2.75, 3.05) is 19.1 Å². The van der Waals surface area contributed by atoms with Crippen LogP contribution in [0, 0.1) is 0 Å². The van der Waals surface area contributed by atoms with Crippen LogP contribution >= 0.6 is 0 Å². The molecule has 1 aliphatic rings. The summed E-state index contributed by atoms with van der Waals surface area (Å²) in [6, 6.07) is 20.5. The molecule has 0 fully saturated rings. The van der Waals surface area contributed by atoms with Crippen LogP contribution in [0.3, 0.4) is 0 Å². The molecule has 1 heterocycles. The topological polar surface area (TPSA) is 29.5 Å². The minimum atomic E-state index is 0.00551. The number of methoxy groups -OCH3 is 1. The zero-order chi connectivity index (χ0) is 16.7. The van der Waals surface area contributed by atoms with Crippen LogP contribution in [0.4, 0.5) is 5.69 Å². The molecule has 0 N–H and O–H groups in total. The van der Waals surface area contributed by atoms with Crippen LogP contribution in [-0.2, 0) is 4.79 Å². The highest BCUT2D eigenvalue weighted by molar-refractivity contribution is 6.03. The molecule has 0 radical (unpaired) electrons. The third-order valence-electron chi connectivity index (χ3n) is 4.92. The van der Waals surface area contributed by atoms with E-state index in [-0.39, 0.29) is 11.8 Å². The van der Waals surface area contributed by atoms with Gasteiger partial charge in [-0.2, -0.15) is 0 Å². The van der Waals surface area contributed by atoms with Gasteiger partial charge in [-0.1, -0.05) is 48.5 Å². The lowest BCUT2D eigenvalue weighted by Crippen LogP contribution is -2.33. The van der Waals surface area contributed by atoms with Gasteiger partial charge >= 0.3 is 0 Å². The molecule has 3 heteroatoms. The van der Waals surface area contributed by atoms with Crippen LogP contribution in [0.15, 0.2) is 60.7 Å². The number of para-hydroxylation sites is 1. The molecule has 4 rings (SSSR count). The number of carbonyl (C=O) groups is 1. The smallest absolute Gasteiger partial charge is 0.227 e. The van der Waals surface area contributed by atoms with Crippen molar-refractivity contribution in [3.8, 4) is 5.75 Å². The largest absolute Gasteiger partial charge is 0.496 e. The molecule has 3 nitrogen and oxygen atoms in total. The van der Waals surface area contributed by atoms with E-state index in [4.69, 9.17) is 4.74 Å². The number of fused-ring (bicyclic) bond motifs is 3. The van der Waals surface area contributed by atoms with E-state index < -0.39 is 0 Å². The zero-order valence-corrected chi connectivity index (χ0v) is 13.8. The molecule has 120 valence electrons. The number of ether oxygens (including phenoxy) is 1. The first-order valence-corrected chi connectivity index (χ1v) is 8.12. The summed E-state index contributed by atoms with van der Waals surface area (Å²) in [4.78, 5) is 14.3. The maximum atomic E-state index is 12.6. The Labute approximate surface area is 141 Å². The molecular formula is C21H19NO2. The minimum Gasteiger partial charge on any atom is -0.496 e. The van der Waals surface area contributed by atoms with E-state index in [0.717, 1.165) is 17.0 Å². The third kappa shape index (κ3) is 2.16. The fraction of sp³-hybridized carbons (Fsp3) is 0.190. The summed E-state index contributed by atoms with van der Waals surface area (Å²) in [5.74, 6) is 0.971. The number of hydrogen-bond donors (Lipinski definition) is 0. The normalized spacial score (nSPS) is 17.0. The molecule has 24 heavy (non-hydrogen) atoms. The van der Waals surface area contributed by atoms with Crippen LogP contribution in [0.1, 0.15) is 23.5 Å². The number of nitrogens with zero attached hydrogens (tertiary/aromatic N) is 1. The molecule has 0 aliphatic carbocycles. The van der Waals surface area contributed by atoms with Gasteiger partial charge < -0.3 is 9.64 Å². The summed E-state index contributed by atoms with van der Waals surface area (Å²) in [6.07, 6.45) is 0.456. The van der Waals surface area contributed by atoms with Gasteiger partial charge in [0, 0.05) is 30.6 Å². The van der Waals surface area contributed by atoms with E-state index in [1.54, 1.807) is 12.0 Å². The van der Waals surface area contributed by atoms with Gasteiger partial charge in [-0.25, -0.2) is 0 Å². The second-order valence-electron chi connectivity index (χ2n) is 6.17. The molecule has 3 aromatic rings. The number of carbonyl (C=O) groups excluding carboxylic acids is 1. The average Bonchev–Trinajstić information content (AvgIpc) is 2.64. The Bertz CT molecular complexity index is 932. The van der Waals surface area contributed by atoms with Gasteiger partial charge in [0.05, 0.1) is 7.11 Å². The molecule has 0 saturated carbocycles. The van der Waals surface area contributed by atoms with E-state index in [1.165, 1.54) is 16.3 Å². The van der Waals surface area contributed by atoms with Gasteiger partial charge in [0.1, 0.15) is 5.75 Å². The van der Waals surface area contributed by atoms with Crippen LogP contribution in [0.2, 0.25) is 0 Å². The lowest BCUT2D eigenvalue weighted by atomic mass is 9.81. The first-order valence-electron chi connectivity index (χ1n) is 8.12. The summed E-state index contributed by atoms with van der Waals surface area (Å²) in [5.41, 5.74) is 3.26. The van der Waals surface area contributed by atoms with Crippen molar-refractivity contribution in [1.82, 2.24) is 0 Å². The van der Waals surface area contributed by atoms with E-state index >= 15 is 0 Å². The number of amides is 1. The Hall–Kier alpha value is -2.81. The molecule has 1 aliphatic heterocycles. The maximum absolute atomic E-state index is 12.6. The van der Waals surface area contributed by atoms with Gasteiger partial charge in [-0.3, -0.25) is 4.79 Å². The first kappa shape index (κ1) is 14.8. The predicted molar refractivity (Wildman–Crippen MR) is 96.8 cm³/mol. The quantitative estimate of drug-likeness (QED) is 0.703. The predicted octanol–water partition coefficient (Wildman–Crippen LogP) is 4.35. The van der Waals surface area contributed by atoms with Gasteiger partial charge in [0.25, 0.3) is 0 Å². The van der Waals surface area contributed by atoms with Gasteiger partial charge in [0.2, 0.25) is 5.91 Å². The summed E-state index contributed by atoms with van der Waals surface area (Å²) in [5, 5.41) is 2.39. The molecule has 1 unspecified atom stereocenters. The number of rotatable bonds is 2. The van der Waals surface area contributed by atoms with Gasteiger partial charge in [0.15, 0.2) is 0 Å². The number of benzene rings is 3. The Morgan fingerprint density at radius 3 is 2.58 bits per heavy atom. The highest BCUT2D eigenvalue weighted by Gasteiger charge is 2.33. The van der Waals surface area contributed by atoms with Crippen molar-refractivity contribution in [1.29, 1.82) is 0 Å². The lowest BCUT2D eigenvalue weighted by Gasteiger charge is -2.33. The maximum Gasteiger partial charge on any atom is 0.227 e. The van der Waals surface area contributed by atoms with Crippen LogP contribution < -0.4 is 9.64 Å². The Morgan fingerprint density at radius 2 is 1.75 bits per heavy atom. The molecular weight excluding hydrogens is 298 g/mol. The molecule has 0 bridgehead atoms. The summed E-state index contributed by atoms with van der Waals surface area (Å²) in [6.45, 7) is 0. The monoisotopic (exact) mass is 317 g/mol. The molecule has 0 saturated heterocycles. The highest BCUT2D eigenvalue weighted by Crippen LogP contribution is 2.45. The van der Waals surface area contributed by atoms with E-state index in [9.17, 15) is 4.79 Å². The minimum absolute atomic E-state index is 0.00551. The van der Waals surface area contributed by atoms with Gasteiger partial charge in [-0.05, 0) is 28.5 Å². The summed E-state index contributed by atoms with van der Waals surface area (Å²) < 4.78 is 5.56. The summed E-state index contributed by atoms with van der Waals surface area (Å²) >= 11 is 0. The Morgan fingerprint density at radius 1 is 1.00 bits per heavy atom. The SMILES string of the molecule is COc1ccccc1C1CC(=O)N(C)c2ccc3ccccc3c21. The van der Waals surface area contributed by atoms with E-state index in [2.05, 4.69) is 36.4 Å². The van der Waals surface area contributed by atoms with E-state index in [1.807, 2.05) is 31.3 Å². The highest BCUT2D eigenvalue weighted by atomic mass is 16.5. The fourth-order valence-electron chi connectivity index (χ4n) is 3.71. The van der Waals surface area contributed by atoms with Crippen molar-refractivity contribution < 1.29 is 9.53 Å². The number of hydrogen-bond acceptors (Lipinski definition) is 2. The lowest BCUT2D eigenvalue weighted by molar-refractivity contribution is -0.118. The van der Waals surface area contributed by atoms with Crippen molar-refractivity contribution in [3.63, 3.8) is 0 Å². The van der Waals surface area contributed by atoms with Crippen LogP contribution in [-0.4, -0.2) is 20.1 Å². The second kappa shape index (κ2) is 5.68. The van der Waals surface area contributed by atoms with Gasteiger partial charge in [-0.15, -0.1) is 0 Å². The molecule has 3 aromatic carbocycles. The molecule has 0 spiro atoms. The van der Waals surface area contributed by atoms with E-state index in [0.29, 0.717) is 6.42 Å². The first-order chi connectivity index (χ1) is 11.7. The van der Waals surface area contributed by atoms with Crippen LogP contribution in [0.25, 0.3) is 10.8 Å². The van der Waals surface area contributed by atoms with Crippen molar-refractivity contribution in [2.45, 2.75) is 12.3 Å². The molecule has 0 aromatic heterocycles. The van der Waals surface area contributed by atoms with Crippen molar-refractivity contribution in [3.05, 3.63) is 71.8 Å². The molecule has 1 amide bonds. The number of anilines is 1. The third-order valence-corrected chi connectivity index (χ3v) is 4.92. The summed E-state index contributed by atoms with van der Waals surface area (Å²) in [7, 11) is 3.54. The second-order valence-corrected chi connectivity index (χ2v) is 6.17. The molecule has 1 atom stereocenters. The Kier molecular flexibility index (Phi) is 3.49. The zero-order valence-electron chi connectivity index (χ0n) is 13.8. The van der Waals surface area contributed by atoms with Crippen molar-refractivity contribution in [2.24, 2.45) is 0 Å².